The Morgan fingerprint density at radius 3 is 2.45 bits per heavy atom. The molecular formula is C23H24N4O4. The van der Waals surface area contributed by atoms with Gasteiger partial charge in [-0.15, -0.1) is 0 Å². The quantitative estimate of drug-likeness (QED) is 0.570. The lowest BCUT2D eigenvalue weighted by molar-refractivity contribution is -0.113. The van der Waals surface area contributed by atoms with Gasteiger partial charge in [-0.1, -0.05) is 42.5 Å². The van der Waals surface area contributed by atoms with Crippen LogP contribution in [0.3, 0.4) is 0 Å². The van der Waals surface area contributed by atoms with Crippen LogP contribution in [0.1, 0.15) is 18.1 Å². The van der Waals surface area contributed by atoms with Crippen LogP contribution in [0, 0.1) is 0 Å². The molecule has 3 rings (SSSR count). The first kappa shape index (κ1) is 21.6. The molecule has 1 heterocycles. The average molecular weight is 420 g/mol. The Hall–Kier alpha value is -4.07. The van der Waals surface area contributed by atoms with E-state index in [0.717, 1.165) is 21.8 Å². The van der Waals surface area contributed by atoms with Crippen molar-refractivity contribution in [2.24, 2.45) is 0 Å². The summed E-state index contributed by atoms with van der Waals surface area (Å²) in [5.74, 6) is 0.196. The molecule has 8 heteroatoms. The van der Waals surface area contributed by atoms with E-state index in [9.17, 15) is 14.4 Å². The van der Waals surface area contributed by atoms with Crippen LogP contribution in [0.2, 0.25) is 0 Å². The molecule has 31 heavy (non-hydrogen) atoms. The second kappa shape index (κ2) is 9.62. The van der Waals surface area contributed by atoms with E-state index in [4.69, 9.17) is 10.5 Å². The number of aromatic nitrogens is 2. The van der Waals surface area contributed by atoms with E-state index in [1.165, 1.54) is 17.7 Å². The van der Waals surface area contributed by atoms with Crippen molar-refractivity contribution >= 4 is 23.5 Å². The van der Waals surface area contributed by atoms with Crippen molar-refractivity contribution < 1.29 is 9.53 Å². The highest BCUT2D eigenvalue weighted by atomic mass is 16.5. The molecule has 3 aromatic rings. The number of nitrogen functional groups attached to an aromatic ring is 1. The normalized spacial score (nSPS) is 10.9. The van der Waals surface area contributed by atoms with Gasteiger partial charge in [0, 0.05) is 13.1 Å². The Kier molecular flexibility index (Phi) is 6.71. The van der Waals surface area contributed by atoms with Crippen molar-refractivity contribution in [3.63, 3.8) is 0 Å². The predicted molar refractivity (Wildman–Crippen MR) is 121 cm³/mol. The molecule has 0 bridgehead atoms. The largest absolute Gasteiger partial charge is 0.494 e. The second-order valence-electron chi connectivity index (χ2n) is 6.80. The SMILES string of the molecule is CCOc1ccc(/C=C/C(=O)N(C)c2c(N)n(Cc3ccccc3)c(=O)[nH]c2=O)cc1. The molecule has 0 fully saturated rings. The minimum atomic E-state index is -0.725. The number of aromatic amines is 1. The van der Waals surface area contributed by atoms with Crippen molar-refractivity contribution in [3.8, 4) is 5.75 Å². The Morgan fingerprint density at radius 2 is 1.81 bits per heavy atom. The lowest BCUT2D eigenvalue weighted by Gasteiger charge is -2.19. The van der Waals surface area contributed by atoms with Gasteiger partial charge in [0.1, 0.15) is 11.6 Å². The van der Waals surface area contributed by atoms with Crippen molar-refractivity contribution in [1.29, 1.82) is 0 Å². The standard InChI is InChI=1S/C23H24N4O4/c1-3-31-18-12-9-16(10-13-18)11-14-19(28)26(2)20-21(24)27(23(30)25-22(20)29)15-17-7-5-4-6-8-17/h4-14H,3,15,24H2,1-2H3,(H,25,29,30)/b14-11+. The number of nitrogens with two attached hydrogens (primary N) is 1. The molecule has 0 atom stereocenters. The summed E-state index contributed by atoms with van der Waals surface area (Å²) >= 11 is 0. The summed E-state index contributed by atoms with van der Waals surface area (Å²) in [5, 5.41) is 0. The number of H-pyrrole nitrogens is 1. The van der Waals surface area contributed by atoms with Gasteiger partial charge >= 0.3 is 5.69 Å². The van der Waals surface area contributed by atoms with Crippen molar-refractivity contribution in [3.05, 3.63) is 92.6 Å². The molecule has 8 nitrogen and oxygen atoms in total. The number of carbonyl (C=O) groups excluding carboxylic acids is 1. The van der Waals surface area contributed by atoms with Gasteiger partial charge in [0.25, 0.3) is 11.5 Å². The van der Waals surface area contributed by atoms with E-state index < -0.39 is 17.2 Å². The molecule has 0 aliphatic carbocycles. The van der Waals surface area contributed by atoms with Gasteiger partial charge in [0.05, 0.1) is 13.2 Å². The first-order valence-electron chi connectivity index (χ1n) is 9.76. The van der Waals surface area contributed by atoms with E-state index in [1.807, 2.05) is 49.4 Å². The molecule has 0 radical (unpaired) electrons. The third kappa shape index (κ3) is 5.11. The number of hydrogen-bond donors (Lipinski definition) is 2. The summed E-state index contributed by atoms with van der Waals surface area (Å²) in [5.41, 5.74) is 6.31. The number of carbonyl (C=O) groups is 1. The van der Waals surface area contributed by atoms with E-state index in [1.54, 1.807) is 18.2 Å². The van der Waals surface area contributed by atoms with Gasteiger partial charge in [0.2, 0.25) is 0 Å². The first-order valence-corrected chi connectivity index (χ1v) is 9.76. The van der Waals surface area contributed by atoms with Crippen LogP contribution in [-0.4, -0.2) is 29.1 Å². The zero-order chi connectivity index (χ0) is 22.4. The third-order valence-corrected chi connectivity index (χ3v) is 4.67. The molecule has 3 N–H and O–H groups in total. The van der Waals surface area contributed by atoms with Crippen LogP contribution >= 0.6 is 0 Å². The number of benzene rings is 2. The summed E-state index contributed by atoms with van der Waals surface area (Å²) in [6.45, 7) is 2.64. The van der Waals surface area contributed by atoms with Gasteiger partial charge in [0.15, 0.2) is 5.69 Å². The van der Waals surface area contributed by atoms with Crippen molar-refractivity contribution in [1.82, 2.24) is 9.55 Å². The van der Waals surface area contributed by atoms with Crippen LogP contribution in [0.25, 0.3) is 6.08 Å². The number of anilines is 2. The summed E-state index contributed by atoms with van der Waals surface area (Å²) in [7, 11) is 1.43. The van der Waals surface area contributed by atoms with Gasteiger partial charge in [-0.2, -0.15) is 0 Å². The Labute approximate surface area is 179 Å². The summed E-state index contributed by atoms with van der Waals surface area (Å²) in [4.78, 5) is 40.7. The molecule has 1 aromatic heterocycles. The van der Waals surface area contributed by atoms with E-state index in [2.05, 4.69) is 4.98 Å². The molecule has 2 aromatic carbocycles. The molecule has 0 saturated carbocycles. The summed E-state index contributed by atoms with van der Waals surface area (Å²) in [6.07, 6.45) is 2.96. The molecule has 0 unspecified atom stereocenters. The molecule has 160 valence electrons. The Bertz CT molecular complexity index is 1190. The Balaban J connectivity index is 1.85. The van der Waals surface area contributed by atoms with Crippen LogP contribution < -0.4 is 26.6 Å². The van der Waals surface area contributed by atoms with Crippen LogP contribution in [0.4, 0.5) is 11.5 Å². The highest BCUT2D eigenvalue weighted by molar-refractivity contribution is 6.04. The smallest absolute Gasteiger partial charge is 0.330 e. The van der Waals surface area contributed by atoms with Crippen LogP contribution in [0.15, 0.2) is 70.3 Å². The monoisotopic (exact) mass is 420 g/mol. The van der Waals surface area contributed by atoms with Gasteiger partial charge in [-0.05, 0) is 36.3 Å². The van der Waals surface area contributed by atoms with Crippen molar-refractivity contribution in [2.75, 3.05) is 24.3 Å². The highest BCUT2D eigenvalue weighted by Gasteiger charge is 2.19. The number of hydrogen-bond acceptors (Lipinski definition) is 5. The fourth-order valence-corrected chi connectivity index (χ4v) is 3.06. The predicted octanol–water partition coefficient (Wildman–Crippen LogP) is 2.24. The molecule has 0 spiro atoms. The molecule has 0 aliphatic heterocycles. The number of nitrogens with one attached hydrogen (secondary N) is 1. The molecular weight excluding hydrogens is 396 g/mol. The maximum atomic E-state index is 12.7. The number of likely N-dealkylation sites (N-methyl/N-ethyl adjacent to an activating group) is 1. The highest BCUT2D eigenvalue weighted by Crippen LogP contribution is 2.17. The lowest BCUT2D eigenvalue weighted by Crippen LogP contribution is -2.39. The minimum absolute atomic E-state index is 0.0806. The minimum Gasteiger partial charge on any atom is -0.494 e. The topological polar surface area (TPSA) is 110 Å². The van der Waals surface area contributed by atoms with Gasteiger partial charge in [-0.3, -0.25) is 19.1 Å². The maximum Gasteiger partial charge on any atom is 0.330 e. The first-order chi connectivity index (χ1) is 14.9. The summed E-state index contributed by atoms with van der Waals surface area (Å²) in [6, 6.07) is 16.5. The van der Waals surface area contributed by atoms with Crippen LogP contribution in [0.5, 0.6) is 5.75 Å². The lowest BCUT2D eigenvalue weighted by atomic mass is 10.2. The zero-order valence-corrected chi connectivity index (χ0v) is 17.4. The Morgan fingerprint density at radius 1 is 1.13 bits per heavy atom. The third-order valence-electron chi connectivity index (χ3n) is 4.67. The van der Waals surface area contributed by atoms with Crippen LogP contribution in [-0.2, 0) is 11.3 Å². The fourth-order valence-electron chi connectivity index (χ4n) is 3.06. The second-order valence-corrected chi connectivity index (χ2v) is 6.80. The molecule has 0 saturated heterocycles. The molecule has 0 aliphatic rings. The zero-order valence-electron chi connectivity index (χ0n) is 17.4. The van der Waals surface area contributed by atoms with Crippen molar-refractivity contribution in [2.45, 2.75) is 13.5 Å². The fraction of sp³-hybridized carbons (Fsp3) is 0.174. The van der Waals surface area contributed by atoms with E-state index in [0.29, 0.717) is 6.61 Å². The van der Waals surface area contributed by atoms with Gasteiger partial charge < -0.3 is 15.4 Å². The number of ether oxygens (including phenoxy) is 1. The maximum absolute atomic E-state index is 12.7. The number of amides is 1. The number of rotatable bonds is 7. The van der Waals surface area contributed by atoms with Gasteiger partial charge in [-0.25, -0.2) is 4.79 Å². The average Bonchev–Trinajstić information content (AvgIpc) is 2.76. The molecule has 1 amide bonds. The van der Waals surface area contributed by atoms with E-state index in [-0.39, 0.29) is 18.1 Å². The summed E-state index contributed by atoms with van der Waals surface area (Å²) < 4.78 is 6.62. The van der Waals surface area contributed by atoms with E-state index >= 15 is 0 Å². The number of nitrogens with zero attached hydrogens (tertiary/aromatic N) is 2.